The molecule has 0 aromatic carbocycles. The van der Waals surface area contributed by atoms with Gasteiger partial charge in [0, 0.05) is 12.8 Å². The second-order valence-electron chi connectivity index (χ2n) is 12.7. The molecular formula is C45H69O9P. The second-order valence-corrected chi connectivity index (χ2v) is 13.9. The molecule has 0 fully saturated rings. The van der Waals surface area contributed by atoms with Gasteiger partial charge in [0.15, 0.2) is 6.10 Å². The van der Waals surface area contributed by atoms with E-state index in [-0.39, 0.29) is 25.6 Å². The van der Waals surface area contributed by atoms with Gasteiger partial charge in [-0.15, -0.1) is 0 Å². The van der Waals surface area contributed by atoms with E-state index in [1.165, 1.54) is 0 Å². The maximum absolute atomic E-state index is 12.4. The van der Waals surface area contributed by atoms with E-state index in [9.17, 15) is 19.3 Å². The predicted octanol–water partition coefficient (Wildman–Crippen LogP) is 11.1. The summed E-state index contributed by atoms with van der Waals surface area (Å²) in [6.45, 7) is 3.15. The highest BCUT2D eigenvalue weighted by Crippen LogP contribution is 2.35. The normalized spacial score (nSPS) is 14.3. The van der Waals surface area contributed by atoms with Gasteiger partial charge in [-0.3, -0.25) is 14.1 Å². The first-order valence-corrected chi connectivity index (χ1v) is 21.4. The van der Waals surface area contributed by atoms with Crippen LogP contribution in [0.4, 0.5) is 0 Å². The van der Waals surface area contributed by atoms with Crippen LogP contribution in [0.15, 0.2) is 122 Å². The summed E-state index contributed by atoms with van der Waals surface area (Å²) >= 11 is 0. The molecule has 0 aromatic rings. The van der Waals surface area contributed by atoms with Gasteiger partial charge in [-0.25, -0.2) is 4.57 Å². The Morgan fingerprint density at radius 1 is 0.545 bits per heavy atom. The molecule has 3 N–H and O–H groups in total. The average Bonchev–Trinajstić information content (AvgIpc) is 3.16. The quantitative estimate of drug-likeness (QED) is 0.0252. The zero-order chi connectivity index (χ0) is 40.5. The molecule has 2 atom stereocenters. The monoisotopic (exact) mass is 784 g/mol. The fourth-order valence-electron chi connectivity index (χ4n) is 4.55. The van der Waals surface area contributed by atoms with Crippen LogP contribution in [0.5, 0.6) is 0 Å². The van der Waals surface area contributed by atoms with Gasteiger partial charge >= 0.3 is 19.8 Å². The summed E-state index contributed by atoms with van der Waals surface area (Å²) in [6, 6.07) is 0. The molecule has 0 spiro atoms. The van der Waals surface area contributed by atoms with Gasteiger partial charge in [-0.05, 0) is 96.3 Å². The molecule has 308 valence electrons. The van der Waals surface area contributed by atoms with Crippen LogP contribution in [-0.4, -0.2) is 52.3 Å². The van der Waals surface area contributed by atoms with Gasteiger partial charge in [-0.2, -0.15) is 0 Å². The molecular weight excluding hydrogens is 715 g/mol. The van der Waals surface area contributed by atoms with Crippen molar-refractivity contribution in [1.29, 1.82) is 0 Å². The summed E-state index contributed by atoms with van der Waals surface area (Å²) in [4.78, 5) is 42.7. The molecule has 0 rings (SSSR count). The van der Waals surface area contributed by atoms with Crippen LogP contribution in [0.25, 0.3) is 0 Å². The standard InChI is InChI=1S/C45H69O9P/c1-3-5-6-7-8-9-10-11-12-13-14-15-16-20-23-26-29-32-35-38-44(47)52-40-43(41-53-55(49,50)51)54-45(48)39-36-33-30-27-24-21-18-17-19-22-25-28-31-34-37-42(46)4-2/h5-6,8-9,11-12,14-15,18-23,27-32,42-43,46H,3-4,7,10,13,16-17,24-26,33-41H2,1-2H3,(H2,49,50,51)/b6-5-,9-8-,12-11-,15-14-,21-18-,22-19-,23-20-,30-27-,31-28-,32-29-/t42-,43-/m1/s1. The number of esters is 2. The summed E-state index contributed by atoms with van der Waals surface area (Å²) in [7, 11) is -4.80. The third kappa shape index (κ3) is 41.4. The van der Waals surface area contributed by atoms with Crippen LogP contribution in [0.2, 0.25) is 0 Å². The van der Waals surface area contributed by atoms with Crippen molar-refractivity contribution in [2.24, 2.45) is 0 Å². The summed E-state index contributed by atoms with van der Waals surface area (Å²) in [6.07, 6.45) is 53.1. The van der Waals surface area contributed by atoms with Crippen molar-refractivity contribution >= 4 is 19.8 Å². The van der Waals surface area contributed by atoms with Gasteiger partial charge in [0.25, 0.3) is 0 Å². The molecule has 0 aliphatic heterocycles. The van der Waals surface area contributed by atoms with Gasteiger partial charge < -0.3 is 24.4 Å². The Balaban J connectivity index is 4.22. The number of phosphoric ester groups is 1. The predicted molar refractivity (Wildman–Crippen MR) is 226 cm³/mol. The molecule has 0 unspecified atom stereocenters. The molecule has 0 aliphatic rings. The number of carbonyl (C=O) groups excluding carboxylic acids is 2. The number of aliphatic hydroxyl groups is 1. The molecule has 0 radical (unpaired) electrons. The average molecular weight is 785 g/mol. The maximum atomic E-state index is 12.4. The Bertz CT molecular complexity index is 1310. The Hall–Kier alpha value is -3.59. The topological polar surface area (TPSA) is 140 Å². The van der Waals surface area contributed by atoms with Crippen molar-refractivity contribution < 1.29 is 43.0 Å². The maximum Gasteiger partial charge on any atom is 0.469 e. The number of hydrogen-bond acceptors (Lipinski definition) is 7. The van der Waals surface area contributed by atoms with Gasteiger partial charge in [0.1, 0.15) is 6.61 Å². The highest BCUT2D eigenvalue weighted by Gasteiger charge is 2.22. The number of aliphatic hydroxyl groups excluding tert-OH is 1. The van der Waals surface area contributed by atoms with E-state index < -0.39 is 32.5 Å². The number of ether oxygens (including phenoxy) is 2. The van der Waals surface area contributed by atoms with Crippen LogP contribution in [0.3, 0.4) is 0 Å². The summed E-state index contributed by atoms with van der Waals surface area (Å²) in [5.74, 6) is -1.08. The SMILES string of the molecule is CC/C=C\C/C=C\C/C=C\C/C=C\C/C=C\C/C=C\CCC(=O)OC[C@H](COP(=O)(O)O)OC(=O)CCC/C=C\C/C=C\C/C=C\C/C=C\CC[C@H](O)CC. The number of carbonyl (C=O) groups is 2. The van der Waals surface area contributed by atoms with Crippen molar-refractivity contribution in [3.8, 4) is 0 Å². The van der Waals surface area contributed by atoms with Crippen molar-refractivity contribution in [3.63, 3.8) is 0 Å². The second kappa shape index (κ2) is 38.7. The Kier molecular flexibility index (Phi) is 36.2. The molecule has 0 saturated heterocycles. The molecule has 0 aliphatic carbocycles. The largest absolute Gasteiger partial charge is 0.469 e. The number of unbranched alkanes of at least 4 members (excludes halogenated alkanes) is 1. The lowest BCUT2D eigenvalue weighted by Gasteiger charge is -2.18. The highest BCUT2D eigenvalue weighted by molar-refractivity contribution is 7.46. The zero-order valence-electron chi connectivity index (χ0n) is 33.4. The number of phosphoric acid groups is 1. The molecule has 55 heavy (non-hydrogen) atoms. The third-order valence-electron chi connectivity index (χ3n) is 7.64. The number of allylic oxidation sites excluding steroid dienone is 20. The lowest BCUT2D eigenvalue weighted by Crippen LogP contribution is -2.29. The summed E-state index contributed by atoms with van der Waals surface area (Å²) < 4.78 is 26.2. The van der Waals surface area contributed by atoms with Gasteiger partial charge in [0.05, 0.1) is 12.7 Å². The first kappa shape index (κ1) is 51.4. The number of hydrogen-bond donors (Lipinski definition) is 3. The van der Waals surface area contributed by atoms with E-state index >= 15 is 0 Å². The zero-order valence-corrected chi connectivity index (χ0v) is 34.3. The Morgan fingerprint density at radius 2 is 0.964 bits per heavy atom. The van der Waals surface area contributed by atoms with E-state index in [4.69, 9.17) is 19.3 Å². The van der Waals surface area contributed by atoms with Crippen molar-refractivity contribution in [2.75, 3.05) is 13.2 Å². The van der Waals surface area contributed by atoms with E-state index in [0.717, 1.165) is 77.0 Å². The Labute approximate surface area is 331 Å². The van der Waals surface area contributed by atoms with Crippen molar-refractivity contribution in [1.82, 2.24) is 0 Å². The van der Waals surface area contributed by atoms with E-state index in [0.29, 0.717) is 19.3 Å². The van der Waals surface area contributed by atoms with Crippen LogP contribution in [0, 0.1) is 0 Å². The van der Waals surface area contributed by atoms with E-state index in [2.05, 4.69) is 109 Å². The minimum absolute atomic E-state index is 0.0989. The van der Waals surface area contributed by atoms with Gasteiger partial charge in [0.2, 0.25) is 0 Å². The lowest BCUT2D eigenvalue weighted by atomic mass is 10.1. The molecule has 0 aromatic heterocycles. The van der Waals surface area contributed by atoms with Crippen LogP contribution >= 0.6 is 7.82 Å². The lowest BCUT2D eigenvalue weighted by molar-refractivity contribution is -0.161. The first-order valence-electron chi connectivity index (χ1n) is 19.9. The van der Waals surface area contributed by atoms with Crippen LogP contribution < -0.4 is 0 Å². The third-order valence-corrected chi connectivity index (χ3v) is 8.13. The minimum Gasteiger partial charge on any atom is -0.462 e. The molecule has 0 amide bonds. The molecule has 0 saturated carbocycles. The molecule has 0 heterocycles. The molecule has 9 nitrogen and oxygen atoms in total. The Morgan fingerprint density at radius 3 is 1.40 bits per heavy atom. The van der Waals surface area contributed by atoms with Crippen molar-refractivity contribution in [3.05, 3.63) is 122 Å². The van der Waals surface area contributed by atoms with Crippen molar-refractivity contribution in [2.45, 2.75) is 135 Å². The highest BCUT2D eigenvalue weighted by atomic mass is 31.2. The summed E-state index contributed by atoms with van der Waals surface area (Å²) in [5, 5.41) is 9.54. The molecule has 0 bridgehead atoms. The van der Waals surface area contributed by atoms with Crippen LogP contribution in [-0.2, 0) is 28.2 Å². The minimum atomic E-state index is -4.80. The first-order chi connectivity index (χ1) is 26.7. The number of rotatable bonds is 34. The van der Waals surface area contributed by atoms with Crippen LogP contribution in [0.1, 0.15) is 123 Å². The smallest absolute Gasteiger partial charge is 0.462 e. The molecule has 10 heteroatoms. The fourth-order valence-corrected chi connectivity index (χ4v) is 4.91. The summed E-state index contributed by atoms with van der Waals surface area (Å²) in [5.41, 5.74) is 0. The van der Waals surface area contributed by atoms with E-state index in [1.54, 1.807) is 0 Å². The fraction of sp³-hybridized carbons (Fsp3) is 0.511. The van der Waals surface area contributed by atoms with Gasteiger partial charge in [-0.1, -0.05) is 135 Å². The van der Waals surface area contributed by atoms with E-state index in [1.807, 2.05) is 31.2 Å².